The van der Waals surface area contributed by atoms with Crippen molar-refractivity contribution < 1.29 is 4.39 Å². The first-order valence-corrected chi connectivity index (χ1v) is 5.86. The Morgan fingerprint density at radius 2 is 2.14 bits per heavy atom. The van der Waals surface area contributed by atoms with Crippen LogP contribution in [0.25, 0.3) is 0 Å². The van der Waals surface area contributed by atoms with Crippen molar-refractivity contribution in [3.8, 4) is 0 Å². The van der Waals surface area contributed by atoms with Crippen molar-refractivity contribution in [2.45, 2.75) is 19.6 Å². The van der Waals surface area contributed by atoms with Crippen LogP contribution in [0.5, 0.6) is 0 Å². The van der Waals surface area contributed by atoms with Crippen molar-refractivity contribution in [2.24, 2.45) is 5.92 Å². The van der Waals surface area contributed by atoms with Crippen LogP contribution in [0, 0.1) is 11.7 Å². The van der Waals surface area contributed by atoms with Gasteiger partial charge in [-0.25, -0.2) is 4.39 Å². The van der Waals surface area contributed by atoms with E-state index in [0.717, 1.165) is 17.1 Å². The lowest BCUT2D eigenvalue weighted by Gasteiger charge is -2.07. The molecule has 0 atom stereocenters. The summed E-state index contributed by atoms with van der Waals surface area (Å²) in [5, 5.41) is 0. The van der Waals surface area contributed by atoms with Crippen LogP contribution in [0.2, 0.25) is 0 Å². The van der Waals surface area contributed by atoms with Crippen LogP contribution in [-0.4, -0.2) is 5.75 Å². The highest BCUT2D eigenvalue weighted by Gasteiger charge is 2.01. The molecule has 0 amide bonds. The number of benzene rings is 1. The van der Waals surface area contributed by atoms with Crippen LogP contribution in [0.1, 0.15) is 19.4 Å². The van der Waals surface area contributed by atoms with Crippen molar-refractivity contribution >= 4 is 17.4 Å². The molecule has 0 saturated heterocycles. The minimum atomic E-state index is -0.264. The van der Waals surface area contributed by atoms with E-state index in [1.807, 2.05) is 11.8 Å². The second-order valence-corrected chi connectivity index (χ2v) is 4.78. The van der Waals surface area contributed by atoms with E-state index in [2.05, 4.69) is 13.8 Å². The van der Waals surface area contributed by atoms with Gasteiger partial charge in [-0.1, -0.05) is 19.9 Å². The fourth-order valence-corrected chi connectivity index (χ4v) is 2.17. The lowest BCUT2D eigenvalue weighted by molar-refractivity contribution is 0.628. The third kappa shape index (κ3) is 3.58. The van der Waals surface area contributed by atoms with Gasteiger partial charge >= 0.3 is 0 Å². The summed E-state index contributed by atoms with van der Waals surface area (Å²) in [6.07, 6.45) is 0. The van der Waals surface area contributed by atoms with Crippen LogP contribution in [0.15, 0.2) is 18.2 Å². The van der Waals surface area contributed by atoms with Gasteiger partial charge in [0.25, 0.3) is 0 Å². The van der Waals surface area contributed by atoms with Gasteiger partial charge in [-0.05, 0) is 29.4 Å². The van der Waals surface area contributed by atoms with Crippen molar-refractivity contribution in [3.63, 3.8) is 0 Å². The van der Waals surface area contributed by atoms with E-state index in [4.69, 9.17) is 5.73 Å². The minimum absolute atomic E-state index is 0.264. The molecule has 0 spiro atoms. The third-order valence-corrected chi connectivity index (χ3v) is 3.23. The number of nitrogens with two attached hydrogens (primary N) is 1. The summed E-state index contributed by atoms with van der Waals surface area (Å²) in [6.45, 7) is 4.36. The third-order valence-electron chi connectivity index (χ3n) is 1.82. The zero-order valence-electron chi connectivity index (χ0n) is 8.59. The molecule has 0 aliphatic carbocycles. The standard InChI is InChI=1S/C11H16FNS/c1-8(2)6-14-7-9-3-4-10(12)5-11(9)13/h3-5,8H,6-7,13H2,1-2H3. The first-order valence-electron chi connectivity index (χ1n) is 4.71. The quantitative estimate of drug-likeness (QED) is 0.777. The maximum atomic E-state index is 12.7. The molecule has 1 aromatic rings. The fourth-order valence-electron chi connectivity index (χ4n) is 1.10. The molecule has 0 fully saturated rings. The molecule has 1 aromatic carbocycles. The van der Waals surface area contributed by atoms with Gasteiger partial charge in [0, 0.05) is 11.4 Å². The minimum Gasteiger partial charge on any atom is -0.398 e. The van der Waals surface area contributed by atoms with Crippen LogP contribution in [-0.2, 0) is 5.75 Å². The number of rotatable bonds is 4. The number of hydrogen-bond donors (Lipinski definition) is 1. The van der Waals surface area contributed by atoms with E-state index in [1.165, 1.54) is 12.1 Å². The zero-order valence-corrected chi connectivity index (χ0v) is 9.40. The molecule has 78 valence electrons. The van der Waals surface area contributed by atoms with Crippen molar-refractivity contribution in [1.29, 1.82) is 0 Å². The Morgan fingerprint density at radius 3 is 2.71 bits per heavy atom. The molecule has 2 N–H and O–H groups in total. The van der Waals surface area contributed by atoms with E-state index >= 15 is 0 Å². The normalized spacial score (nSPS) is 10.9. The highest BCUT2D eigenvalue weighted by Crippen LogP contribution is 2.20. The van der Waals surface area contributed by atoms with E-state index in [1.54, 1.807) is 6.07 Å². The van der Waals surface area contributed by atoms with E-state index in [0.29, 0.717) is 11.6 Å². The molecule has 0 aliphatic rings. The Labute approximate surface area is 88.9 Å². The van der Waals surface area contributed by atoms with Crippen molar-refractivity contribution in [1.82, 2.24) is 0 Å². The lowest BCUT2D eigenvalue weighted by atomic mass is 10.2. The summed E-state index contributed by atoms with van der Waals surface area (Å²) >= 11 is 1.83. The number of halogens is 1. The Balaban J connectivity index is 2.51. The Kier molecular flexibility index (Phi) is 4.26. The van der Waals surface area contributed by atoms with Gasteiger partial charge in [0.1, 0.15) is 5.82 Å². The topological polar surface area (TPSA) is 26.0 Å². The van der Waals surface area contributed by atoms with Crippen LogP contribution < -0.4 is 5.73 Å². The van der Waals surface area contributed by atoms with E-state index in [9.17, 15) is 4.39 Å². The van der Waals surface area contributed by atoms with Gasteiger partial charge in [-0.15, -0.1) is 0 Å². The number of anilines is 1. The molecule has 0 heterocycles. The van der Waals surface area contributed by atoms with Gasteiger partial charge in [0.2, 0.25) is 0 Å². The zero-order chi connectivity index (χ0) is 10.6. The Bertz CT molecular complexity index is 299. The van der Waals surface area contributed by atoms with Crippen molar-refractivity contribution in [2.75, 3.05) is 11.5 Å². The molecule has 14 heavy (non-hydrogen) atoms. The summed E-state index contributed by atoms with van der Waals surface area (Å²) in [4.78, 5) is 0. The lowest BCUT2D eigenvalue weighted by Crippen LogP contribution is -1.96. The Morgan fingerprint density at radius 1 is 1.43 bits per heavy atom. The summed E-state index contributed by atoms with van der Waals surface area (Å²) in [5.74, 6) is 2.39. The first kappa shape index (κ1) is 11.4. The molecule has 3 heteroatoms. The molecular weight excluding hydrogens is 197 g/mol. The molecule has 0 aliphatic heterocycles. The predicted octanol–water partition coefficient (Wildman–Crippen LogP) is 3.30. The van der Waals surface area contributed by atoms with Gasteiger partial charge < -0.3 is 5.73 Å². The second kappa shape index (κ2) is 5.25. The number of hydrogen-bond acceptors (Lipinski definition) is 2. The highest BCUT2D eigenvalue weighted by atomic mass is 32.2. The molecular formula is C11H16FNS. The maximum absolute atomic E-state index is 12.7. The molecule has 0 bridgehead atoms. The average molecular weight is 213 g/mol. The van der Waals surface area contributed by atoms with Gasteiger partial charge in [-0.3, -0.25) is 0 Å². The molecule has 0 radical (unpaired) electrons. The molecule has 0 unspecified atom stereocenters. The molecule has 0 aromatic heterocycles. The molecule has 0 saturated carbocycles. The number of thioether (sulfide) groups is 1. The average Bonchev–Trinajstić information content (AvgIpc) is 2.08. The van der Waals surface area contributed by atoms with E-state index < -0.39 is 0 Å². The fraction of sp³-hybridized carbons (Fsp3) is 0.455. The summed E-state index contributed by atoms with van der Waals surface area (Å²) in [5.41, 5.74) is 7.27. The summed E-state index contributed by atoms with van der Waals surface area (Å²) in [7, 11) is 0. The van der Waals surface area contributed by atoms with Crippen molar-refractivity contribution in [3.05, 3.63) is 29.6 Å². The maximum Gasteiger partial charge on any atom is 0.125 e. The predicted molar refractivity (Wildman–Crippen MR) is 61.8 cm³/mol. The molecule has 1 nitrogen and oxygen atoms in total. The highest BCUT2D eigenvalue weighted by molar-refractivity contribution is 7.98. The Hall–Kier alpha value is -0.700. The van der Waals surface area contributed by atoms with E-state index in [-0.39, 0.29) is 5.82 Å². The van der Waals surface area contributed by atoms with Gasteiger partial charge in [0.05, 0.1) is 0 Å². The largest absolute Gasteiger partial charge is 0.398 e. The monoisotopic (exact) mass is 213 g/mol. The second-order valence-electron chi connectivity index (χ2n) is 3.75. The molecule has 1 rings (SSSR count). The number of nitrogen functional groups attached to an aromatic ring is 1. The van der Waals surface area contributed by atoms with Crippen LogP contribution in [0.4, 0.5) is 10.1 Å². The van der Waals surface area contributed by atoms with Gasteiger partial charge in [0.15, 0.2) is 0 Å². The summed E-state index contributed by atoms with van der Waals surface area (Å²) in [6, 6.07) is 4.60. The first-order chi connectivity index (χ1) is 6.59. The SMILES string of the molecule is CC(C)CSCc1ccc(F)cc1N. The van der Waals surface area contributed by atoms with Gasteiger partial charge in [-0.2, -0.15) is 11.8 Å². The van der Waals surface area contributed by atoms with Crippen LogP contribution in [0.3, 0.4) is 0 Å². The van der Waals surface area contributed by atoms with Crippen LogP contribution >= 0.6 is 11.8 Å². The summed E-state index contributed by atoms with van der Waals surface area (Å²) < 4.78 is 12.7. The smallest absolute Gasteiger partial charge is 0.125 e.